The third-order valence-electron chi connectivity index (χ3n) is 6.77. The molecule has 164 valence electrons. The topological polar surface area (TPSA) is 43.8 Å². The molecule has 1 aromatic heterocycles. The second-order valence-electron chi connectivity index (χ2n) is 8.80. The number of hydrazone groups is 1. The molecule has 1 unspecified atom stereocenters. The summed E-state index contributed by atoms with van der Waals surface area (Å²) in [6.45, 7) is 3.15. The molecule has 8 heteroatoms. The van der Waals surface area contributed by atoms with Gasteiger partial charge in [-0.1, -0.05) is 6.07 Å². The molecule has 1 saturated heterocycles. The van der Waals surface area contributed by atoms with E-state index in [1.54, 1.807) is 12.3 Å². The minimum absolute atomic E-state index is 0.134. The minimum Gasteiger partial charge on any atom is -0.328 e. The number of pyridine rings is 1. The average Bonchev–Trinajstić information content (AvgIpc) is 3.10. The van der Waals surface area contributed by atoms with E-state index in [0.717, 1.165) is 62.1 Å². The standard InChI is InChI=1S/C23H27F2N5S/c1-29-21(16-4-2-8-26-14-16)27-28-22(29)31-11-3-9-30-10-7-23(15-30)13-19(23)18-6-5-17(24)12-20(18)25/h2,4-6,8,12,14,19,22,28H,3,7,9-11,13,15H2,1H3/t19-,22?,23+/m1/s1. The Hall–Kier alpha value is -2.19. The van der Waals surface area contributed by atoms with Crippen LogP contribution in [0.4, 0.5) is 8.78 Å². The fraction of sp³-hybridized carbons (Fsp3) is 0.478. The number of amidine groups is 1. The number of aromatic nitrogens is 1. The first kappa shape index (κ1) is 20.7. The zero-order chi connectivity index (χ0) is 21.4. The van der Waals surface area contributed by atoms with E-state index in [1.807, 2.05) is 30.1 Å². The highest BCUT2D eigenvalue weighted by Gasteiger charge is 2.58. The van der Waals surface area contributed by atoms with Crippen molar-refractivity contribution in [2.75, 3.05) is 32.4 Å². The van der Waals surface area contributed by atoms with E-state index in [4.69, 9.17) is 0 Å². The molecule has 0 bridgehead atoms. The molecule has 1 aromatic carbocycles. The van der Waals surface area contributed by atoms with Crippen LogP contribution in [0.1, 0.15) is 36.3 Å². The zero-order valence-electron chi connectivity index (χ0n) is 17.6. The predicted molar refractivity (Wildman–Crippen MR) is 120 cm³/mol. The van der Waals surface area contributed by atoms with Crippen LogP contribution in [0, 0.1) is 17.0 Å². The fourth-order valence-electron chi connectivity index (χ4n) is 4.99. The van der Waals surface area contributed by atoms with Crippen LogP contribution in [0.15, 0.2) is 47.8 Å². The summed E-state index contributed by atoms with van der Waals surface area (Å²) < 4.78 is 27.4. The van der Waals surface area contributed by atoms with Crippen LogP contribution in [0.5, 0.6) is 0 Å². The maximum atomic E-state index is 14.2. The lowest BCUT2D eigenvalue weighted by molar-refractivity contribution is 0.319. The molecule has 2 fully saturated rings. The number of nitrogens with zero attached hydrogens (tertiary/aromatic N) is 4. The van der Waals surface area contributed by atoms with E-state index >= 15 is 0 Å². The Morgan fingerprint density at radius 3 is 3.00 bits per heavy atom. The molecule has 1 spiro atoms. The monoisotopic (exact) mass is 443 g/mol. The Morgan fingerprint density at radius 2 is 2.19 bits per heavy atom. The molecule has 3 atom stereocenters. The highest BCUT2D eigenvalue weighted by molar-refractivity contribution is 7.99. The van der Waals surface area contributed by atoms with Crippen molar-refractivity contribution in [2.45, 2.75) is 30.7 Å². The van der Waals surface area contributed by atoms with Gasteiger partial charge in [0.15, 0.2) is 11.3 Å². The van der Waals surface area contributed by atoms with Gasteiger partial charge in [0.2, 0.25) is 0 Å². The number of rotatable bonds is 7. The van der Waals surface area contributed by atoms with E-state index in [0.29, 0.717) is 5.56 Å². The Balaban J connectivity index is 1.05. The van der Waals surface area contributed by atoms with Crippen molar-refractivity contribution in [1.29, 1.82) is 0 Å². The van der Waals surface area contributed by atoms with Gasteiger partial charge in [-0.25, -0.2) is 8.78 Å². The first-order chi connectivity index (χ1) is 15.1. The Labute approximate surface area is 185 Å². The van der Waals surface area contributed by atoms with Crippen LogP contribution in [-0.2, 0) is 0 Å². The molecule has 5 nitrogen and oxygen atoms in total. The van der Waals surface area contributed by atoms with Gasteiger partial charge in [-0.15, -0.1) is 11.8 Å². The second-order valence-corrected chi connectivity index (χ2v) is 9.99. The molecule has 1 saturated carbocycles. The molecule has 1 aliphatic carbocycles. The summed E-state index contributed by atoms with van der Waals surface area (Å²) in [5.41, 5.74) is 5.25. The first-order valence-electron chi connectivity index (χ1n) is 10.8. The van der Waals surface area contributed by atoms with Crippen LogP contribution in [0.2, 0.25) is 0 Å². The van der Waals surface area contributed by atoms with Crippen molar-refractivity contribution in [3.05, 3.63) is 65.5 Å². The number of likely N-dealkylation sites (tertiary alicyclic amines) is 1. The quantitative estimate of drug-likeness (QED) is 0.659. The zero-order valence-corrected chi connectivity index (χ0v) is 18.4. The van der Waals surface area contributed by atoms with Crippen LogP contribution in [0.3, 0.4) is 0 Å². The molecule has 31 heavy (non-hydrogen) atoms. The highest BCUT2D eigenvalue weighted by Crippen LogP contribution is 2.64. The van der Waals surface area contributed by atoms with Gasteiger partial charge < -0.3 is 9.80 Å². The number of nitrogens with one attached hydrogen (secondary N) is 1. The van der Waals surface area contributed by atoms with Crippen LogP contribution in [-0.4, -0.2) is 58.6 Å². The van der Waals surface area contributed by atoms with Gasteiger partial charge in [0.25, 0.3) is 0 Å². The van der Waals surface area contributed by atoms with Gasteiger partial charge in [-0.3, -0.25) is 10.4 Å². The largest absolute Gasteiger partial charge is 0.328 e. The minimum atomic E-state index is -0.498. The Morgan fingerprint density at radius 1 is 1.29 bits per heavy atom. The van der Waals surface area contributed by atoms with Crippen molar-refractivity contribution in [1.82, 2.24) is 20.2 Å². The Bertz CT molecular complexity index is 972. The number of thioether (sulfide) groups is 1. The van der Waals surface area contributed by atoms with E-state index in [9.17, 15) is 8.78 Å². The summed E-state index contributed by atoms with van der Waals surface area (Å²) >= 11 is 1.86. The lowest BCUT2D eigenvalue weighted by atomic mass is 9.98. The van der Waals surface area contributed by atoms with E-state index in [-0.39, 0.29) is 16.8 Å². The summed E-state index contributed by atoms with van der Waals surface area (Å²) in [6.07, 6.45) is 6.82. The SMILES string of the molecule is CN1C(c2cccnc2)=NNC1SCCCN1CC[C@]2(C[C@@H]2c2ccc(F)cc2F)C1. The predicted octanol–water partition coefficient (Wildman–Crippen LogP) is 3.84. The summed E-state index contributed by atoms with van der Waals surface area (Å²) in [7, 11) is 2.05. The van der Waals surface area contributed by atoms with Crippen LogP contribution in [0.25, 0.3) is 0 Å². The summed E-state index contributed by atoms with van der Waals surface area (Å²) in [4.78, 5) is 8.83. The average molecular weight is 444 g/mol. The molecular weight excluding hydrogens is 416 g/mol. The van der Waals surface area contributed by atoms with Gasteiger partial charge in [0, 0.05) is 37.6 Å². The fourth-order valence-corrected chi connectivity index (χ4v) is 5.96. The lowest BCUT2D eigenvalue weighted by Gasteiger charge is -2.22. The van der Waals surface area contributed by atoms with E-state index in [1.165, 1.54) is 6.07 Å². The van der Waals surface area contributed by atoms with Crippen molar-refractivity contribution >= 4 is 17.6 Å². The van der Waals surface area contributed by atoms with Gasteiger partial charge >= 0.3 is 0 Å². The summed E-state index contributed by atoms with van der Waals surface area (Å²) in [5.74, 6) is 1.31. The summed E-state index contributed by atoms with van der Waals surface area (Å²) in [5, 5.41) is 4.47. The van der Waals surface area contributed by atoms with E-state index < -0.39 is 11.6 Å². The first-order valence-corrected chi connectivity index (χ1v) is 11.9. The van der Waals surface area contributed by atoms with Crippen molar-refractivity contribution in [3.8, 4) is 0 Å². The van der Waals surface area contributed by atoms with Gasteiger partial charge in [-0.05, 0) is 73.2 Å². The van der Waals surface area contributed by atoms with Gasteiger partial charge in [0.1, 0.15) is 11.6 Å². The maximum Gasteiger partial charge on any atom is 0.164 e. The molecule has 3 heterocycles. The number of hydrogen-bond acceptors (Lipinski definition) is 6. The van der Waals surface area contributed by atoms with Crippen molar-refractivity contribution in [2.24, 2.45) is 10.5 Å². The maximum absolute atomic E-state index is 14.2. The second kappa shape index (κ2) is 8.39. The van der Waals surface area contributed by atoms with Gasteiger partial charge in [-0.2, -0.15) is 5.10 Å². The molecular formula is C23H27F2N5S. The highest BCUT2D eigenvalue weighted by atomic mass is 32.2. The van der Waals surface area contributed by atoms with Crippen LogP contribution >= 0.6 is 11.8 Å². The lowest BCUT2D eigenvalue weighted by Crippen LogP contribution is -2.35. The number of benzene rings is 1. The third-order valence-corrected chi connectivity index (χ3v) is 8.03. The Kier molecular flexibility index (Phi) is 5.60. The summed E-state index contributed by atoms with van der Waals surface area (Å²) in [6, 6.07) is 7.97. The number of hydrogen-bond donors (Lipinski definition) is 1. The van der Waals surface area contributed by atoms with Crippen molar-refractivity contribution in [3.63, 3.8) is 0 Å². The molecule has 0 amide bonds. The molecule has 3 aliphatic rings. The number of halogens is 2. The van der Waals surface area contributed by atoms with Gasteiger partial charge in [0.05, 0.1) is 0 Å². The van der Waals surface area contributed by atoms with Crippen LogP contribution < -0.4 is 5.43 Å². The molecule has 1 N–H and O–H groups in total. The van der Waals surface area contributed by atoms with E-state index in [2.05, 4.69) is 32.4 Å². The smallest absolute Gasteiger partial charge is 0.164 e. The molecule has 0 radical (unpaired) electrons. The third kappa shape index (κ3) is 4.15. The molecule has 5 rings (SSSR count). The van der Waals surface area contributed by atoms with Crippen molar-refractivity contribution < 1.29 is 8.78 Å². The molecule has 2 aromatic rings. The molecule has 2 aliphatic heterocycles. The normalized spacial score (nSPS) is 27.6.